The molecule has 0 aliphatic carbocycles. The summed E-state index contributed by atoms with van der Waals surface area (Å²) in [5.74, 6) is 1.07. The maximum Gasteiger partial charge on any atom is 0.472 e. The van der Waals surface area contributed by atoms with Gasteiger partial charge in [0.2, 0.25) is 0 Å². The van der Waals surface area contributed by atoms with Gasteiger partial charge < -0.3 is 33.8 Å². The van der Waals surface area contributed by atoms with E-state index in [4.69, 9.17) is 37.0 Å². The highest BCUT2D eigenvalue weighted by molar-refractivity contribution is 7.47. The molecule has 0 bridgehead atoms. The molecule has 0 saturated heterocycles. The summed E-state index contributed by atoms with van der Waals surface area (Å²) < 4.78 is 69.0. The number of aliphatic hydroxyl groups excluding tert-OH is 1. The second-order valence-electron chi connectivity index (χ2n) is 34.4. The number of esters is 4. The van der Waals surface area contributed by atoms with Gasteiger partial charge in [-0.1, -0.05) is 428 Å². The highest BCUT2D eigenvalue weighted by Gasteiger charge is 2.31. The largest absolute Gasteiger partial charge is 0.472 e. The normalized spacial score (nSPS) is 14.1. The number of hydrogen-bond acceptors (Lipinski definition) is 15. The first-order valence-electron chi connectivity index (χ1n) is 46.7. The lowest BCUT2D eigenvalue weighted by Crippen LogP contribution is -2.30. The van der Waals surface area contributed by atoms with Crippen molar-refractivity contribution in [3.05, 3.63) is 0 Å². The number of phosphoric ester groups is 2. The second-order valence-corrected chi connectivity index (χ2v) is 37.3. The zero-order chi connectivity index (χ0) is 80.9. The summed E-state index contributed by atoms with van der Waals surface area (Å²) in [6.07, 6.45) is 71.1. The molecule has 17 nitrogen and oxygen atoms in total. The summed E-state index contributed by atoms with van der Waals surface area (Å²) in [7, 11) is -9.94. The minimum absolute atomic E-state index is 0.107. The van der Waals surface area contributed by atoms with Crippen LogP contribution in [0.2, 0.25) is 0 Å². The summed E-state index contributed by atoms with van der Waals surface area (Å²) in [5, 5.41) is 10.7. The monoisotopic (exact) mass is 1610 g/mol. The van der Waals surface area contributed by atoms with Crippen molar-refractivity contribution in [2.45, 2.75) is 497 Å². The summed E-state index contributed by atoms with van der Waals surface area (Å²) in [6, 6.07) is 0. The third-order valence-electron chi connectivity index (χ3n) is 21.7. The van der Waals surface area contributed by atoms with Crippen molar-refractivity contribution < 1.29 is 80.2 Å². The molecule has 0 aromatic carbocycles. The molecule has 0 fully saturated rings. The fourth-order valence-electron chi connectivity index (χ4n) is 14.2. The number of aliphatic hydroxyl groups is 1. The van der Waals surface area contributed by atoms with Crippen LogP contribution in [0, 0.1) is 23.7 Å². The van der Waals surface area contributed by atoms with Gasteiger partial charge in [0, 0.05) is 25.7 Å². The Balaban J connectivity index is 5.19. The Bertz CT molecular complexity index is 2130. The predicted molar refractivity (Wildman–Crippen MR) is 455 cm³/mol. The fourth-order valence-corrected chi connectivity index (χ4v) is 15.7. The second kappa shape index (κ2) is 79.5. The zero-order valence-electron chi connectivity index (χ0n) is 72.9. The van der Waals surface area contributed by atoms with Gasteiger partial charge in [-0.25, -0.2) is 9.13 Å². The molecule has 0 aromatic rings. The fraction of sp³-hybridized carbons (Fsp3) is 0.956. The Labute approximate surface area is 677 Å². The maximum atomic E-state index is 13.2. The Hall–Kier alpha value is -1.94. The number of ether oxygens (including phenoxy) is 4. The molecule has 0 heterocycles. The highest BCUT2D eigenvalue weighted by Crippen LogP contribution is 2.45. The van der Waals surface area contributed by atoms with Gasteiger partial charge in [0.1, 0.15) is 19.3 Å². The first kappa shape index (κ1) is 108. The van der Waals surface area contributed by atoms with Gasteiger partial charge in [0.05, 0.1) is 26.4 Å². The van der Waals surface area contributed by atoms with Crippen LogP contribution in [0.5, 0.6) is 0 Å². The van der Waals surface area contributed by atoms with E-state index in [2.05, 4.69) is 55.4 Å². The van der Waals surface area contributed by atoms with E-state index in [-0.39, 0.29) is 25.7 Å². The SMILES string of the molecule is CCC(C)CCCCCCCCCCCCCCCCCCCCC(=O)O[C@H](COC(=O)CCCCCCCCCCCCCCCCCC(C)C)COP(=O)(O)OCC(O)COP(=O)(O)OC[C@@H](COC(=O)CCCCCCCCC(C)C)OC(=O)CCCCCCCCCCCCCCCCCCCCC(C)C. The van der Waals surface area contributed by atoms with Crippen molar-refractivity contribution in [2.75, 3.05) is 39.6 Å². The van der Waals surface area contributed by atoms with E-state index in [9.17, 15) is 43.2 Å². The van der Waals surface area contributed by atoms with Crippen LogP contribution in [0.15, 0.2) is 0 Å². The van der Waals surface area contributed by atoms with Crippen molar-refractivity contribution >= 4 is 39.5 Å². The molecule has 19 heteroatoms. The number of phosphoric acid groups is 2. The van der Waals surface area contributed by atoms with Crippen LogP contribution in [0.25, 0.3) is 0 Å². The van der Waals surface area contributed by atoms with Crippen LogP contribution < -0.4 is 0 Å². The van der Waals surface area contributed by atoms with Gasteiger partial charge in [-0.3, -0.25) is 37.3 Å². The molecular weight excluding hydrogens is 1430 g/mol. The lowest BCUT2D eigenvalue weighted by molar-refractivity contribution is -0.161. The van der Waals surface area contributed by atoms with Crippen molar-refractivity contribution in [1.29, 1.82) is 0 Å². The van der Waals surface area contributed by atoms with Crippen LogP contribution in [0.3, 0.4) is 0 Å². The minimum Gasteiger partial charge on any atom is -0.462 e. The van der Waals surface area contributed by atoms with E-state index in [0.29, 0.717) is 31.6 Å². The first-order chi connectivity index (χ1) is 53.1. The number of hydrogen-bond donors (Lipinski definition) is 3. The van der Waals surface area contributed by atoms with Crippen LogP contribution in [-0.2, 0) is 65.4 Å². The molecule has 6 atom stereocenters. The molecule has 4 unspecified atom stereocenters. The predicted octanol–water partition coefficient (Wildman–Crippen LogP) is 27.9. The van der Waals surface area contributed by atoms with Gasteiger partial charge in [-0.2, -0.15) is 0 Å². The van der Waals surface area contributed by atoms with Crippen LogP contribution in [-0.4, -0.2) is 96.7 Å². The molecule has 654 valence electrons. The van der Waals surface area contributed by atoms with Crippen molar-refractivity contribution in [1.82, 2.24) is 0 Å². The first-order valence-corrected chi connectivity index (χ1v) is 49.7. The van der Waals surface area contributed by atoms with Crippen LogP contribution in [0.4, 0.5) is 0 Å². The molecule has 0 aliphatic rings. The molecule has 0 aliphatic heterocycles. The van der Waals surface area contributed by atoms with Crippen LogP contribution in [0.1, 0.15) is 479 Å². The molecule has 0 amide bonds. The van der Waals surface area contributed by atoms with Crippen molar-refractivity contribution in [2.24, 2.45) is 23.7 Å². The molecule has 0 aromatic heterocycles. The average Bonchev–Trinajstić information content (AvgIpc) is 0.898. The number of rotatable bonds is 88. The topological polar surface area (TPSA) is 237 Å². The van der Waals surface area contributed by atoms with Crippen molar-refractivity contribution in [3.63, 3.8) is 0 Å². The summed E-state index contributed by atoms with van der Waals surface area (Å²) in [5.41, 5.74) is 0. The summed E-state index contributed by atoms with van der Waals surface area (Å²) >= 11 is 0. The summed E-state index contributed by atoms with van der Waals surface area (Å²) in [4.78, 5) is 73.3. The Morgan fingerprint density at radius 2 is 0.436 bits per heavy atom. The molecule has 0 rings (SSSR count). The lowest BCUT2D eigenvalue weighted by Gasteiger charge is -2.21. The third-order valence-corrected chi connectivity index (χ3v) is 23.6. The molecule has 0 spiro atoms. The van der Waals surface area contributed by atoms with Crippen molar-refractivity contribution in [3.8, 4) is 0 Å². The van der Waals surface area contributed by atoms with Gasteiger partial charge >= 0.3 is 39.5 Å². The lowest BCUT2D eigenvalue weighted by atomic mass is 9.99. The number of carbonyl (C=O) groups excluding carboxylic acids is 4. The van der Waals surface area contributed by atoms with Gasteiger partial charge in [-0.15, -0.1) is 0 Å². The van der Waals surface area contributed by atoms with E-state index in [0.717, 1.165) is 114 Å². The van der Waals surface area contributed by atoms with Gasteiger partial charge in [0.15, 0.2) is 12.2 Å². The molecule has 0 saturated carbocycles. The van der Waals surface area contributed by atoms with E-state index >= 15 is 0 Å². The molecule has 3 N–H and O–H groups in total. The number of carbonyl (C=O) groups is 4. The molecular formula is C91H178O17P2. The quantitative estimate of drug-likeness (QED) is 0.0222. The zero-order valence-corrected chi connectivity index (χ0v) is 74.7. The van der Waals surface area contributed by atoms with E-state index < -0.39 is 97.5 Å². The van der Waals surface area contributed by atoms with E-state index in [1.165, 1.54) is 276 Å². The smallest absolute Gasteiger partial charge is 0.462 e. The van der Waals surface area contributed by atoms with Crippen LogP contribution >= 0.6 is 15.6 Å². The highest BCUT2D eigenvalue weighted by atomic mass is 31.2. The average molecular weight is 1610 g/mol. The Kier molecular flexibility index (Phi) is 78.1. The third kappa shape index (κ3) is 82.6. The minimum atomic E-state index is -4.97. The number of unbranched alkanes of at least 4 members (excludes halogenated alkanes) is 53. The molecule has 0 radical (unpaired) electrons. The van der Waals surface area contributed by atoms with E-state index in [1.54, 1.807) is 0 Å². The molecule has 110 heavy (non-hydrogen) atoms. The maximum absolute atomic E-state index is 13.2. The van der Waals surface area contributed by atoms with Gasteiger partial charge in [0.25, 0.3) is 0 Å². The van der Waals surface area contributed by atoms with E-state index in [1.807, 2.05) is 0 Å². The Morgan fingerprint density at radius 3 is 0.645 bits per heavy atom. The Morgan fingerprint density at radius 1 is 0.255 bits per heavy atom. The summed E-state index contributed by atoms with van der Waals surface area (Å²) in [6.45, 7) is 14.4. The van der Waals surface area contributed by atoms with Gasteiger partial charge in [-0.05, 0) is 49.4 Å². The standard InChI is InChI=1S/C91H178O17P2/c1-9-84(8)70-62-54-45-39-33-27-21-15-11-13-17-23-30-36-42-48-57-65-73-90(95)107-86(77-101-88(93)71-63-55-46-40-34-28-24-18-20-26-32-38-44-52-60-68-82(4)5)79-105-109(97,98)103-75-85(92)76-104-110(99,100)106-80-87(78-102-89(94)72-64-56-50-49-53-61-69-83(6)7)108-91(96)74-66-58-47-41-35-29-22-16-12-10-14-19-25-31-37-43-51-59-67-81(2)3/h81-87,92H,9-80H2,1-8H3,(H,97,98)(H,99,100)/t84?,85?,86-,87-/m1/s1.